The van der Waals surface area contributed by atoms with Crippen LogP contribution in [0.15, 0.2) is 23.5 Å². The maximum absolute atomic E-state index is 14.1. The molecule has 1 amide bonds. The first-order valence-corrected chi connectivity index (χ1v) is 19.7. The Morgan fingerprint density at radius 3 is 2.22 bits per heavy atom. The summed E-state index contributed by atoms with van der Waals surface area (Å²) < 4.78 is 5.95. The summed E-state index contributed by atoms with van der Waals surface area (Å²) in [6, 6.07) is 0. The number of esters is 1. The van der Waals surface area contributed by atoms with Gasteiger partial charge in [0.1, 0.15) is 11.6 Å². The Morgan fingerprint density at radius 2 is 1.62 bits per heavy atom. The van der Waals surface area contributed by atoms with Crippen LogP contribution >= 0.6 is 11.6 Å². The zero-order valence-corrected chi connectivity index (χ0v) is 32.3. The standard InChI is InChI=1S/C41H58ClN3O5/c1-24(2)32-28(47)21-40(19-20-45(35(48)49)41(17-18-41)34-43-22-26(42)23-44-34)16-15-38(7)27(33(32)40)9-10-30-37(6)13-12-31(50-25(3)46)36(4,5)29(37)11-14-39(30,38)8/h22-24,27,29-31H,9-21H2,1-8H3,(H,48,49)/t27?,29-,30+,31?,37-,38+,39+,40+/m0/s1. The van der Waals surface area contributed by atoms with Gasteiger partial charge >= 0.3 is 12.1 Å². The smallest absolute Gasteiger partial charge is 0.408 e. The van der Waals surface area contributed by atoms with Gasteiger partial charge in [-0.2, -0.15) is 0 Å². The first-order valence-electron chi connectivity index (χ1n) is 19.3. The van der Waals surface area contributed by atoms with Gasteiger partial charge in [0, 0.05) is 43.1 Å². The van der Waals surface area contributed by atoms with Crippen LogP contribution in [0, 0.1) is 50.7 Å². The van der Waals surface area contributed by atoms with Gasteiger partial charge in [0.05, 0.1) is 5.02 Å². The minimum Gasteiger partial charge on any atom is -0.465 e. The summed E-state index contributed by atoms with van der Waals surface area (Å²) in [5.41, 5.74) is 1.58. The van der Waals surface area contributed by atoms with Gasteiger partial charge in [-0.1, -0.05) is 65.6 Å². The minimum atomic E-state index is -0.957. The number of aromatic nitrogens is 2. The fourth-order valence-corrected chi connectivity index (χ4v) is 13.6. The second kappa shape index (κ2) is 11.8. The number of hydrogen-bond acceptors (Lipinski definition) is 6. The van der Waals surface area contributed by atoms with Crippen molar-refractivity contribution in [3.05, 3.63) is 34.4 Å². The van der Waals surface area contributed by atoms with Gasteiger partial charge in [-0.05, 0) is 116 Å². The number of hydrogen-bond donors (Lipinski definition) is 1. The average Bonchev–Trinajstić information content (AvgIpc) is 3.76. The zero-order valence-electron chi connectivity index (χ0n) is 31.5. The summed E-state index contributed by atoms with van der Waals surface area (Å²) in [5.74, 6) is 2.08. The number of ether oxygens (including phenoxy) is 1. The van der Waals surface area contributed by atoms with Crippen molar-refractivity contribution < 1.29 is 24.2 Å². The number of nitrogens with zero attached hydrogens (tertiary/aromatic N) is 3. The number of Topliss-reactive ketones (excluding diaryl/α,β-unsaturated/α-hetero) is 1. The van der Waals surface area contributed by atoms with Gasteiger partial charge in [0.2, 0.25) is 0 Å². The Labute approximate surface area is 303 Å². The normalized spacial score (nSPS) is 39.6. The second-order valence-corrected chi connectivity index (χ2v) is 19.3. The monoisotopic (exact) mass is 707 g/mol. The molecule has 5 saturated carbocycles. The molecule has 1 aromatic rings. The Kier molecular flexibility index (Phi) is 8.45. The molecule has 5 fully saturated rings. The van der Waals surface area contributed by atoms with Crippen molar-refractivity contribution in [2.45, 2.75) is 144 Å². The molecule has 0 spiro atoms. The van der Waals surface area contributed by atoms with Crippen LogP contribution in [0.3, 0.4) is 0 Å². The minimum absolute atomic E-state index is 0.0334. The summed E-state index contributed by atoms with van der Waals surface area (Å²) >= 11 is 6.09. The lowest BCUT2D eigenvalue weighted by molar-refractivity contribution is -0.233. The van der Waals surface area contributed by atoms with Crippen LogP contribution in [0.2, 0.25) is 5.02 Å². The van der Waals surface area contributed by atoms with Crippen molar-refractivity contribution in [2.24, 2.45) is 50.7 Å². The maximum Gasteiger partial charge on any atom is 0.408 e. The lowest BCUT2D eigenvalue weighted by Gasteiger charge is -2.72. The van der Waals surface area contributed by atoms with Gasteiger partial charge in [0.25, 0.3) is 0 Å². The summed E-state index contributed by atoms with van der Waals surface area (Å²) in [4.78, 5) is 49.6. The van der Waals surface area contributed by atoms with Crippen LogP contribution in [-0.4, -0.2) is 50.5 Å². The number of ketones is 1. The van der Waals surface area contributed by atoms with E-state index < -0.39 is 11.6 Å². The van der Waals surface area contributed by atoms with Crippen LogP contribution in [0.4, 0.5) is 4.79 Å². The number of carbonyl (C=O) groups excluding carboxylic acids is 2. The highest BCUT2D eigenvalue weighted by molar-refractivity contribution is 6.30. The Balaban J connectivity index is 1.21. The number of carboxylic acid groups (broad SMARTS) is 1. The second-order valence-electron chi connectivity index (χ2n) is 18.9. The number of rotatable bonds is 7. The lowest BCUT2D eigenvalue weighted by atomic mass is 9.33. The third-order valence-electron chi connectivity index (χ3n) is 16.1. The molecule has 1 heterocycles. The molecule has 0 radical (unpaired) electrons. The van der Waals surface area contributed by atoms with Crippen molar-refractivity contribution in [3.8, 4) is 0 Å². The van der Waals surface area contributed by atoms with Crippen LogP contribution in [0.1, 0.15) is 138 Å². The number of allylic oxidation sites excluding steroid dienone is 2. The highest BCUT2D eigenvalue weighted by Crippen LogP contribution is 2.77. The quantitative estimate of drug-likeness (QED) is 0.281. The van der Waals surface area contributed by atoms with Crippen molar-refractivity contribution >= 4 is 29.4 Å². The van der Waals surface area contributed by atoms with Gasteiger partial charge in [-0.25, -0.2) is 14.8 Å². The van der Waals surface area contributed by atoms with E-state index in [1.54, 1.807) is 17.3 Å². The number of halogens is 1. The number of carbonyl (C=O) groups is 3. The van der Waals surface area contributed by atoms with Crippen LogP contribution in [-0.2, 0) is 19.9 Å². The lowest BCUT2D eigenvalue weighted by Crippen LogP contribution is -2.65. The van der Waals surface area contributed by atoms with Crippen molar-refractivity contribution in [3.63, 3.8) is 0 Å². The van der Waals surface area contributed by atoms with E-state index >= 15 is 0 Å². The highest BCUT2D eigenvalue weighted by Gasteiger charge is 2.70. The molecule has 0 bridgehead atoms. The first-order chi connectivity index (χ1) is 23.4. The molecule has 6 aliphatic rings. The maximum atomic E-state index is 14.1. The van der Waals surface area contributed by atoms with E-state index in [4.69, 9.17) is 16.3 Å². The van der Waals surface area contributed by atoms with E-state index in [0.29, 0.717) is 60.8 Å². The van der Waals surface area contributed by atoms with E-state index in [0.717, 1.165) is 56.9 Å². The molecule has 0 aliphatic heterocycles. The topological polar surface area (TPSA) is 110 Å². The third kappa shape index (κ3) is 4.99. The van der Waals surface area contributed by atoms with E-state index in [1.807, 2.05) is 0 Å². The molecule has 50 heavy (non-hydrogen) atoms. The van der Waals surface area contributed by atoms with Crippen molar-refractivity contribution in [1.82, 2.24) is 14.9 Å². The molecule has 274 valence electrons. The summed E-state index contributed by atoms with van der Waals surface area (Å²) in [5, 5.41) is 11.0. The van der Waals surface area contributed by atoms with Gasteiger partial charge < -0.3 is 9.84 Å². The molecule has 6 aliphatic carbocycles. The molecule has 2 unspecified atom stereocenters. The molecule has 1 aromatic heterocycles. The predicted molar refractivity (Wildman–Crippen MR) is 192 cm³/mol. The molecular weight excluding hydrogens is 650 g/mol. The molecule has 0 aromatic carbocycles. The SMILES string of the molecule is CC(=O)OC1CC[C@]2(C)[C@H]3CCC4C5=C(C(C)C)C(=O)C[C@]5(CCN(C(=O)O)C5(c6ncc(Cl)cn6)CC5)CC[C@@]4(C)[C@]3(C)CC[C@H]2C1(C)C. The fraction of sp³-hybridized carbons (Fsp3) is 0.780. The molecular formula is C41H58ClN3O5. The Bertz CT molecular complexity index is 1620. The Morgan fingerprint density at radius 1 is 0.940 bits per heavy atom. The number of amides is 1. The first kappa shape index (κ1) is 35.9. The van der Waals surface area contributed by atoms with E-state index in [1.165, 1.54) is 12.5 Å². The van der Waals surface area contributed by atoms with Crippen molar-refractivity contribution in [1.29, 1.82) is 0 Å². The van der Waals surface area contributed by atoms with Crippen molar-refractivity contribution in [2.75, 3.05) is 6.54 Å². The molecule has 8 nitrogen and oxygen atoms in total. The van der Waals surface area contributed by atoms with E-state index in [2.05, 4.69) is 58.4 Å². The van der Waals surface area contributed by atoms with E-state index in [9.17, 15) is 19.5 Å². The van der Waals surface area contributed by atoms with Crippen LogP contribution < -0.4 is 0 Å². The largest absolute Gasteiger partial charge is 0.465 e. The van der Waals surface area contributed by atoms with Crippen LogP contribution in [0.25, 0.3) is 0 Å². The molecule has 1 N–H and O–H groups in total. The van der Waals surface area contributed by atoms with E-state index in [-0.39, 0.29) is 50.8 Å². The zero-order chi connectivity index (χ0) is 36.2. The van der Waals surface area contributed by atoms with Crippen LogP contribution in [0.5, 0.6) is 0 Å². The molecule has 0 saturated heterocycles. The summed E-state index contributed by atoms with van der Waals surface area (Å²) in [6.07, 6.45) is 13.0. The summed E-state index contributed by atoms with van der Waals surface area (Å²) in [6.45, 7) is 18.6. The Hall–Kier alpha value is -2.48. The highest BCUT2D eigenvalue weighted by atomic mass is 35.5. The number of fused-ring (bicyclic) bond motifs is 7. The third-order valence-corrected chi connectivity index (χ3v) is 16.3. The average molecular weight is 708 g/mol. The predicted octanol–water partition coefficient (Wildman–Crippen LogP) is 9.40. The van der Waals surface area contributed by atoms with Gasteiger partial charge in [-0.15, -0.1) is 0 Å². The van der Waals surface area contributed by atoms with Gasteiger partial charge in [-0.3, -0.25) is 14.5 Å². The summed E-state index contributed by atoms with van der Waals surface area (Å²) in [7, 11) is 0. The molecule has 7 rings (SSSR count). The fourth-order valence-electron chi connectivity index (χ4n) is 13.5. The molecule has 9 heteroatoms. The molecule has 8 atom stereocenters. The van der Waals surface area contributed by atoms with Gasteiger partial charge in [0.15, 0.2) is 11.6 Å².